The van der Waals surface area contributed by atoms with Gasteiger partial charge in [0.15, 0.2) is 0 Å². The molecule has 0 spiro atoms. The lowest BCUT2D eigenvalue weighted by Gasteiger charge is -2.10. The van der Waals surface area contributed by atoms with Gasteiger partial charge in [-0.3, -0.25) is 9.36 Å². The summed E-state index contributed by atoms with van der Waals surface area (Å²) in [5.41, 5.74) is 5.18. The van der Waals surface area contributed by atoms with Crippen molar-refractivity contribution >= 4 is 39.5 Å². The third-order valence-corrected chi connectivity index (χ3v) is 6.74. The van der Waals surface area contributed by atoms with E-state index in [4.69, 9.17) is 4.98 Å². The lowest BCUT2D eigenvalue weighted by Crippen LogP contribution is -2.13. The van der Waals surface area contributed by atoms with E-state index in [-0.39, 0.29) is 11.7 Å². The van der Waals surface area contributed by atoms with Crippen LogP contribution in [0, 0.1) is 0 Å². The van der Waals surface area contributed by atoms with Crippen LogP contribution in [0.15, 0.2) is 114 Å². The van der Waals surface area contributed by atoms with Gasteiger partial charge in [-0.1, -0.05) is 109 Å². The van der Waals surface area contributed by atoms with Crippen LogP contribution < -0.4 is 0 Å². The molecule has 168 valence electrons. The van der Waals surface area contributed by atoms with Gasteiger partial charge in [-0.25, -0.2) is 4.98 Å². The van der Waals surface area contributed by atoms with E-state index in [0.717, 1.165) is 44.3 Å². The molecule has 0 fully saturated rings. The van der Waals surface area contributed by atoms with Crippen LogP contribution in [0.25, 0.3) is 44.3 Å². The fourth-order valence-corrected chi connectivity index (χ4v) is 4.98. The number of carbonyl (C=O) groups excluding carboxylic acids is 1. The zero-order chi connectivity index (χ0) is 23.6. The van der Waals surface area contributed by atoms with Gasteiger partial charge in [0.1, 0.15) is 11.4 Å². The fraction of sp³-hybridized carbons (Fsp3) is 0.0345. The second-order valence-electron chi connectivity index (χ2n) is 8.08. The number of nitrogens with zero attached hydrogens (tertiary/aromatic N) is 4. The van der Waals surface area contributed by atoms with Gasteiger partial charge < -0.3 is 0 Å². The minimum atomic E-state index is -0.0237. The van der Waals surface area contributed by atoms with Crippen molar-refractivity contribution in [3.63, 3.8) is 0 Å². The van der Waals surface area contributed by atoms with Crippen molar-refractivity contribution in [1.29, 1.82) is 0 Å². The Balaban J connectivity index is 1.35. The number of carbonyl (C=O) groups is 1. The summed E-state index contributed by atoms with van der Waals surface area (Å²) in [5.74, 6) is 0.174. The first-order valence-corrected chi connectivity index (χ1v) is 12.3. The molecule has 5 nitrogen and oxygen atoms in total. The molecule has 0 saturated carbocycles. The summed E-state index contributed by atoms with van der Waals surface area (Å²) in [7, 11) is 0. The summed E-state index contributed by atoms with van der Waals surface area (Å²) >= 11 is 1.30. The Bertz CT molecular complexity index is 1610. The highest BCUT2D eigenvalue weighted by atomic mass is 32.2. The van der Waals surface area contributed by atoms with Gasteiger partial charge >= 0.3 is 0 Å². The molecular weight excluding hydrogens is 452 g/mol. The SMILES string of the molecule is O=C(CSc1nnc(-c2ccccc2)c(-c2ccccc2)n1)n1c2ccccc2c2ccccc21. The zero-order valence-corrected chi connectivity index (χ0v) is 19.5. The minimum absolute atomic E-state index is 0.0237. The van der Waals surface area contributed by atoms with Crippen LogP contribution >= 0.6 is 11.8 Å². The normalized spacial score (nSPS) is 11.2. The molecule has 6 rings (SSSR count). The number of para-hydroxylation sites is 2. The van der Waals surface area contributed by atoms with Gasteiger partial charge in [-0.05, 0) is 12.1 Å². The molecule has 0 aliphatic carbocycles. The first kappa shape index (κ1) is 21.3. The van der Waals surface area contributed by atoms with Crippen LogP contribution in [0.4, 0.5) is 0 Å². The van der Waals surface area contributed by atoms with E-state index in [1.54, 1.807) is 4.57 Å². The predicted molar refractivity (Wildman–Crippen MR) is 141 cm³/mol. The molecule has 0 atom stereocenters. The topological polar surface area (TPSA) is 60.7 Å². The summed E-state index contributed by atoms with van der Waals surface area (Å²) in [6.45, 7) is 0. The molecule has 0 unspecified atom stereocenters. The Morgan fingerprint density at radius 1 is 0.629 bits per heavy atom. The Hall–Kier alpha value is -4.29. The number of thioether (sulfide) groups is 1. The van der Waals surface area contributed by atoms with Gasteiger partial charge in [0.25, 0.3) is 0 Å². The van der Waals surface area contributed by atoms with E-state index in [0.29, 0.717) is 5.16 Å². The van der Waals surface area contributed by atoms with Gasteiger partial charge in [-0.15, -0.1) is 10.2 Å². The number of fused-ring (bicyclic) bond motifs is 3. The molecule has 0 aliphatic heterocycles. The third-order valence-electron chi connectivity index (χ3n) is 5.92. The van der Waals surface area contributed by atoms with Gasteiger partial charge in [-0.2, -0.15) is 0 Å². The third kappa shape index (κ3) is 3.98. The van der Waals surface area contributed by atoms with Gasteiger partial charge in [0.05, 0.1) is 16.8 Å². The largest absolute Gasteiger partial charge is 0.279 e. The maximum absolute atomic E-state index is 13.4. The molecule has 0 N–H and O–H groups in total. The van der Waals surface area contributed by atoms with Crippen molar-refractivity contribution in [3.8, 4) is 22.5 Å². The number of benzene rings is 4. The van der Waals surface area contributed by atoms with Crippen molar-refractivity contribution in [1.82, 2.24) is 19.7 Å². The lowest BCUT2D eigenvalue weighted by atomic mass is 10.0. The molecule has 2 heterocycles. The second kappa shape index (κ2) is 9.16. The lowest BCUT2D eigenvalue weighted by molar-refractivity contribution is 0.0951. The molecule has 0 radical (unpaired) electrons. The number of hydrogen-bond acceptors (Lipinski definition) is 5. The van der Waals surface area contributed by atoms with Crippen LogP contribution in [0.3, 0.4) is 0 Å². The average Bonchev–Trinajstić information content (AvgIpc) is 3.27. The highest BCUT2D eigenvalue weighted by Gasteiger charge is 2.18. The van der Waals surface area contributed by atoms with Crippen molar-refractivity contribution in [2.75, 3.05) is 5.75 Å². The first-order chi connectivity index (χ1) is 17.3. The molecule has 2 aromatic heterocycles. The van der Waals surface area contributed by atoms with Crippen molar-refractivity contribution < 1.29 is 4.79 Å². The average molecular weight is 473 g/mol. The van der Waals surface area contributed by atoms with E-state index in [2.05, 4.69) is 22.3 Å². The summed E-state index contributed by atoms with van der Waals surface area (Å²) < 4.78 is 1.79. The molecule has 0 saturated heterocycles. The quantitative estimate of drug-likeness (QED) is 0.260. The Labute approximate surface area is 206 Å². The fourth-order valence-electron chi connectivity index (χ4n) is 4.34. The van der Waals surface area contributed by atoms with E-state index in [1.165, 1.54) is 11.8 Å². The molecular formula is C29H20N4OS. The smallest absolute Gasteiger partial charge is 0.242 e. The zero-order valence-electron chi connectivity index (χ0n) is 18.7. The second-order valence-corrected chi connectivity index (χ2v) is 9.02. The summed E-state index contributed by atoms with van der Waals surface area (Å²) in [6.07, 6.45) is 0. The van der Waals surface area contributed by atoms with Gasteiger partial charge in [0.2, 0.25) is 11.1 Å². The van der Waals surface area contributed by atoms with E-state index < -0.39 is 0 Å². The van der Waals surface area contributed by atoms with Gasteiger partial charge in [0, 0.05) is 21.9 Å². The summed E-state index contributed by atoms with van der Waals surface area (Å²) in [5, 5.41) is 11.5. The molecule has 6 aromatic rings. The molecule has 4 aromatic carbocycles. The molecule has 6 heteroatoms. The molecule has 0 bridgehead atoms. The Morgan fingerprint density at radius 3 is 1.74 bits per heavy atom. The highest BCUT2D eigenvalue weighted by Crippen LogP contribution is 2.31. The van der Waals surface area contributed by atoms with Crippen LogP contribution in [0.5, 0.6) is 0 Å². The Morgan fingerprint density at radius 2 is 1.14 bits per heavy atom. The first-order valence-electron chi connectivity index (χ1n) is 11.3. The maximum atomic E-state index is 13.4. The van der Waals surface area contributed by atoms with E-state index in [9.17, 15) is 4.79 Å². The standard InChI is InChI=1S/C29H20N4OS/c34-26(33-24-17-9-7-15-22(24)23-16-8-10-18-25(23)33)19-35-29-30-27(20-11-3-1-4-12-20)28(31-32-29)21-13-5-2-6-14-21/h1-18H,19H2. The number of rotatable bonds is 5. The molecule has 0 aliphatic rings. The summed E-state index contributed by atoms with van der Waals surface area (Å²) in [6, 6.07) is 35.8. The van der Waals surface area contributed by atoms with E-state index in [1.807, 2.05) is 97.1 Å². The number of aromatic nitrogens is 4. The van der Waals surface area contributed by atoms with Crippen molar-refractivity contribution in [2.24, 2.45) is 0 Å². The monoisotopic (exact) mass is 472 g/mol. The van der Waals surface area contributed by atoms with Crippen LogP contribution in [0.1, 0.15) is 4.79 Å². The predicted octanol–water partition coefficient (Wildman–Crippen LogP) is 6.75. The molecule has 0 amide bonds. The number of hydrogen-bond donors (Lipinski definition) is 0. The minimum Gasteiger partial charge on any atom is -0.279 e. The van der Waals surface area contributed by atoms with Crippen molar-refractivity contribution in [3.05, 3.63) is 109 Å². The highest BCUT2D eigenvalue weighted by molar-refractivity contribution is 7.99. The molecule has 35 heavy (non-hydrogen) atoms. The maximum Gasteiger partial charge on any atom is 0.242 e. The van der Waals surface area contributed by atoms with Crippen LogP contribution in [-0.2, 0) is 0 Å². The van der Waals surface area contributed by atoms with Crippen LogP contribution in [-0.4, -0.2) is 31.4 Å². The van der Waals surface area contributed by atoms with E-state index >= 15 is 0 Å². The Kier molecular flexibility index (Phi) is 5.56. The van der Waals surface area contributed by atoms with Crippen molar-refractivity contribution in [2.45, 2.75) is 5.16 Å². The summed E-state index contributed by atoms with van der Waals surface area (Å²) in [4.78, 5) is 18.2. The van der Waals surface area contributed by atoms with Crippen LogP contribution in [0.2, 0.25) is 0 Å².